The van der Waals surface area contributed by atoms with E-state index in [1.54, 1.807) is 0 Å². The van der Waals surface area contributed by atoms with Crippen LogP contribution in [0.5, 0.6) is 0 Å². The van der Waals surface area contributed by atoms with Crippen molar-refractivity contribution < 1.29 is 0 Å². The molecule has 0 aliphatic heterocycles. The van der Waals surface area contributed by atoms with Gasteiger partial charge in [-0.15, -0.1) is 11.8 Å². The third-order valence-electron chi connectivity index (χ3n) is 3.77. The molecule has 1 saturated carbocycles. The molecule has 106 valence electrons. The van der Waals surface area contributed by atoms with Crippen molar-refractivity contribution in [1.82, 2.24) is 5.32 Å². The van der Waals surface area contributed by atoms with E-state index in [0.29, 0.717) is 0 Å². The number of hydrogen-bond donors (Lipinski definition) is 1. The molecular formula is C16H24BrNS. The summed E-state index contributed by atoms with van der Waals surface area (Å²) in [5.74, 6) is 0.902. The Balaban J connectivity index is 2.05. The van der Waals surface area contributed by atoms with Gasteiger partial charge in [0, 0.05) is 21.2 Å². The SMILES string of the molecule is CCNCc1cc(Br)ccc1SC1CCCC(C)C1. The van der Waals surface area contributed by atoms with Gasteiger partial charge in [-0.2, -0.15) is 0 Å². The normalized spacial score (nSPS) is 23.5. The van der Waals surface area contributed by atoms with E-state index in [4.69, 9.17) is 0 Å². The minimum Gasteiger partial charge on any atom is -0.313 e. The van der Waals surface area contributed by atoms with Gasteiger partial charge in [-0.25, -0.2) is 0 Å². The second-order valence-corrected chi connectivity index (χ2v) is 7.80. The molecule has 0 bridgehead atoms. The van der Waals surface area contributed by atoms with Gasteiger partial charge < -0.3 is 5.32 Å². The zero-order valence-electron chi connectivity index (χ0n) is 11.9. The molecule has 0 saturated heterocycles. The molecule has 19 heavy (non-hydrogen) atoms. The topological polar surface area (TPSA) is 12.0 Å². The first-order valence-corrected chi connectivity index (χ1v) is 9.02. The molecule has 3 heteroatoms. The Kier molecular flexibility index (Phi) is 6.24. The lowest BCUT2D eigenvalue weighted by Crippen LogP contribution is -2.16. The number of benzene rings is 1. The minimum atomic E-state index is 0.810. The van der Waals surface area contributed by atoms with Crippen molar-refractivity contribution in [2.75, 3.05) is 6.54 Å². The molecule has 1 aromatic rings. The molecule has 1 fully saturated rings. The van der Waals surface area contributed by atoms with Crippen LogP contribution in [0.4, 0.5) is 0 Å². The fourth-order valence-electron chi connectivity index (χ4n) is 2.73. The standard InChI is InChI=1S/C16H24BrNS/c1-3-18-11-13-10-14(17)7-8-16(13)19-15-6-4-5-12(2)9-15/h7-8,10,12,15,18H,3-6,9,11H2,1-2H3. The monoisotopic (exact) mass is 341 g/mol. The summed E-state index contributed by atoms with van der Waals surface area (Å²) in [5, 5.41) is 4.25. The molecule has 1 nitrogen and oxygen atoms in total. The van der Waals surface area contributed by atoms with Gasteiger partial charge in [-0.05, 0) is 49.1 Å². The minimum absolute atomic E-state index is 0.810. The molecule has 2 rings (SSSR count). The summed E-state index contributed by atoms with van der Waals surface area (Å²) in [4.78, 5) is 1.46. The van der Waals surface area contributed by atoms with E-state index in [-0.39, 0.29) is 0 Å². The Hall–Kier alpha value is 0.01000. The Labute approximate surface area is 130 Å². The molecule has 1 aliphatic carbocycles. The molecule has 2 atom stereocenters. The summed E-state index contributed by atoms with van der Waals surface area (Å²) in [5.41, 5.74) is 1.43. The highest BCUT2D eigenvalue weighted by molar-refractivity contribution is 9.10. The second-order valence-electron chi connectivity index (χ2n) is 5.54. The van der Waals surface area contributed by atoms with E-state index in [2.05, 4.69) is 65.1 Å². The van der Waals surface area contributed by atoms with Gasteiger partial charge in [0.05, 0.1) is 0 Å². The maximum Gasteiger partial charge on any atom is 0.0216 e. The average Bonchev–Trinajstić information content (AvgIpc) is 2.39. The summed E-state index contributed by atoms with van der Waals surface area (Å²) in [6, 6.07) is 6.71. The molecule has 1 aliphatic rings. The lowest BCUT2D eigenvalue weighted by Gasteiger charge is -2.27. The third-order valence-corrected chi connectivity index (χ3v) is 5.68. The summed E-state index contributed by atoms with van der Waals surface area (Å²) in [6.07, 6.45) is 5.58. The van der Waals surface area contributed by atoms with Crippen molar-refractivity contribution in [2.24, 2.45) is 5.92 Å². The predicted molar refractivity (Wildman–Crippen MR) is 88.8 cm³/mol. The van der Waals surface area contributed by atoms with E-state index in [0.717, 1.165) is 24.3 Å². The molecule has 0 heterocycles. The van der Waals surface area contributed by atoms with E-state index in [1.165, 1.54) is 40.6 Å². The quantitative estimate of drug-likeness (QED) is 0.786. The Morgan fingerprint density at radius 2 is 2.21 bits per heavy atom. The van der Waals surface area contributed by atoms with Gasteiger partial charge in [0.1, 0.15) is 0 Å². The average molecular weight is 342 g/mol. The van der Waals surface area contributed by atoms with Gasteiger partial charge in [-0.1, -0.05) is 42.6 Å². The summed E-state index contributed by atoms with van der Waals surface area (Å²) < 4.78 is 1.18. The summed E-state index contributed by atoms with van der Waals surface area (Å²) in [7, 11) is 0. The van der Waals surface area contributed by atoms with Crippen LogP contribution in [0.15, 0.2) is 27.6 Å². The van der Waals surface area contributed by atoms with Crippen LogP contribution >= 0.6 is 27.7 Å². The van der Waals surface area contributed by atoms with Gasteiger partial charge in [0.25, 0.3) is 0 Å². The van der Waals surface area contributed by atoms with Crippen LogP contribution in [0.25, 0.3) is 0 Å². The van der Waals surface area contributed by atoms with Crippen molar-refractivity contribution in [1.29, 1.82) is 0 Å². The second kappa shape index (κ2) is 7.70. The molecule has 0 radical (unpaired) electrons. The van der Waals surface area contributed by atoms with Gasteiger partial charge >= 0.3 is 0 Å². The van der Waals surface area contributed by atoms with Crippen LogP contribution in [0, 0.1) is 5.92 Å². The molecule has 0 aromatic heterocycles. The molecular weight excluding hydrogens is 318 g/mol. The zero-order chi connectivity index (χ0) is 13.7. The zero-order valence-corrected chi connectivity index (χ0v) is 14.3. The van der Waals surface area contributed by atoms with Gasteiger partial charge in [0.2, 0.25) is 0 Å². The van der Waals surface area contributed by atoms with Gasteiger partial charge in [0.15, 0.2) is 0 Å². The Bertz CT molecular complexity index is 408. The highest BCUT2D eigenvalue weighted by atomic mass is 79.9. The first kappa shape index (κ1) is 15.4. The molecule has 1 aromatic carbocycles. The number of thioether (sulfide) groups is 1. The molecule has 0 spiro atoms. The number of hydrogen-bond acceptors (Lipinski definition) is 2. The highest BCUT2D eigenvalue weighted by Crippen LogP contribution is 2.38. The van der Waals surface area contributed by atoms with Crippen LogP contribution in [-0.4, -0.2) is 11.8 Å². The Morgan fingerprint density at radius 3 is 2.95 bits per heavy atom. The first-order chi connectivity index (χ1) is 9.19. The van der Waals surface area contributed by atoms with E-state index >= 15 is 0 Å². The maximum absolute atomic E-state index is 3.59. The lowest BCUT2D eigenvalue weighted by molar-refractivity contribution is 0.394. The first-order valence-electron chi connectivity index (χ1n) is 7.34. The van der Waals surface area contributed by atoms with E-state index < -0.39 is 0 Å². The van der Waals surface area contributed by atoms with Gasteiger partial charge in [-0.3, -0.25) is 0 Å². The van der Waals surface area contributed by atoms with Crippen molar-refractivity contribution >= 4 is 27.7 Å². The number of halogens is 1. The third kappa shape index (κ3) is 4.80. The molecule has 0 amide bonds. The van der Waals surface area contributed by atoms with Crippen LogP contribution in [-0.2, 0) is 6.54 Å². The Morgan fingerprint density at radius 1 is 1.37 bits per heavy atom. The van der Waals surface area contributed by atoms with Crippen LogP contribution in [0.1, 0.15) is 45.1 Å². The fourth-order valence-corrected chi connectivity index (χ4v) is 4.63. The fraction of sp³-hybridized carbons (Fsp3) is 0.625. The van der Waals surface area contributed by atoms with Crippen LogP contribution in [0.2, 0.25) is 0 Å². The van der Waals surface area contributed by atoms with Crippen LogP contribution in [0.3, 0.4) is 0 Å². The van der Waals surface area contributed by atoms with E-state index in [1.807, 2.05) is 0 Å². The van der Waals surface area contributed by atoms with Crippen molar-refractivity contribution in [3.05, 3.63) is 28.2 Å². The van der Waals surface area contributed by atoms with E-state index in [9.17, 15) is 0 Å². The summed E-state index contributed by atoms with van der Waals surface area (Å²) >= 11 is 5.68. The van der Waals surface area contributed by atoms with Crippen molar-refractivity contribution in [2.45, 2.75) is 56.2 Å². The number of nitrogens with one attached hydrogen (secondary N) is 1. The highest BCUT2D eigenvalue weighted by Gasteiger charge is 2.20. The predicted octanol–water partition coefficient (Wildman–Crippen LogP) is 5.23. The van der Waals surface area contributed by atoms with Crippen molar-refractivity contribution in [3.63, 3.8) is 0 Å². The maximum atomic E-state index is 3.59. The van der Waals surface area contributed by atoms with Crippen molar-refractivity contribution in [3.8, 4) is 0 Å². The number of rotatable bonds is 5. The molecule has 2 unspecified atom stereocenters. The smallest absolute Gasteiger partial charge is 0.0216 e. The van der Waals surface area contributed by atoms with Crippen LogP contribution < -0.4 is 5.32 Å². The molecule has 1 N–H and O–H groups in total. The lowest BCUT2D eigenvalue weighted by atomic mass is 9.91. The largest absolute Gasteiger partial charge is 0.313 e. The summed E-state index contributed by atoms with van der Waals surface area (Å²) in [6.45, 7) is 6.55.